The molecule has 0 atom stereocenters. The first-order valence-electron chi connectivity index (χ1n) is 2.64. The minimum absolute atomic E-state index is 0.0984. The molecule has 1 radical (unpaired) electrons. The minimum Gasteiger partial charge on any atom is -0.507 e. The van der Waals surface area contributed by atoms with Crippen molar-refractivity contribution in [2.75, 3.05) is 0 Å². The van der Waals surface area contributed by atoms with Crippen molar-refractivity contribution in [3.05, 3.63) is 29.8 Å². The molecule has 2 N–H and O–H groups in total. The quantitative estimate of drug-likeness (QED) is 0.604. The summed E-state index contributed by atoms with van der Waals surface area (Å²) in [6.07, 6.45) is 0. The minimum atomic E-state index is -1.13. The SMILES string of the molecule is O=C(O)c1cc[c]cc1O. The van der Waals surface area contributed by atoms with E-state index in [1.165, 1.54) is 18.2 Å². The Balaban J connectivity index is 3.15. The van der Waals surface area contributed by atoms with Crippen molar-refractivity contribution in [1.82, 2.24) is 0 Å². The largest absolute Gasteiger partial charge is 0.507 e. The summed E-state index contributed by atoms with van der Waals surface area (Å²) < 4.78 is 0. The number of carboxylic acids is 1. The molecule has 1 aromatic carbocycles. The summed E-state index contributed by atoms with van der Waals surface area (Å²) >= 11 is 0. The molecule has 0 saturated carbocycles. The molecule has 3 heteroatoms. The molecular formula is C7H5O3. The van der Waals surface area contributed by atoms with E-state index in [2.05, 4.69) is 6.07 Å². The van der Waals surface area contributed by atoms with Gasteiger partial charge in [0.1, 0.15) is 11.3 Å². The highest BCUT2D eigenvalue weighted by atomic mass is 16.4. The summed E-state index contributed by atoms with van der Waals surface area (Å²) in [6, 6.07) is 6.48. The molecule has 10 heavy (non-hydrogen) atoms. The Bertz CT molecular complexity index is 255. The van der Waals surface area contributed by atoms with Crippen molar-refractivity contribution < 1.29 is 15.0 Å². The fraction of sp³-hybridized carbons (Fsp3) is 0. The van der Waals surface area contributed by atoms with Gasteiger partial charge in [-0.3, -0.25) is 0 Å². The molecule has 0 aliphatic rings. The average Bonchev–Trinajstić information content (AvgIpc) is 1.88. The smallest absolute Gasteiger partial charge is 0.339 e. The number of phenols is 1. The zero-order valence-electron chi connectivity index (χ0n) is 5.03. The van der Waals surface area contributed by atoms with Gasteiger partial charge in [-0.25, -0.2) is 4.79 Å². The maximum atomic E-state index is 10.2. The fourth-order valence-electron chi connectivity index (χ4n) is 0.602. The van der Waals surface area contributed by atoms with Crippen LogP contribution >= 0.6 is 0 Å². The molecule has 0 spiro atoms. The van der Waals surface area contributed by atoms with E-state index in [4.69, 9.17) is 10.2 Å². The lowest BCUT2D eigenvalue weighted by Crippen LogP contribution is -1.95. The summed E-state index contributed by atoms with van der Waals surface area (Å²) in [6.45, 7) is 0. The molecule has 0 aliphatic carbocycles. The first-order chi connectivity index (χ1) is 4.72. The van der Waals surface area contributed by atoms with Crippen molar-refractivity contribution in [2.45, 2.75) is 0 Å². The van der Waals surface area contributed by atoms with E-state index in [9.17, 15) is 4.79 Å². The van der Waals surface area contributed by atoms with E-state index in [-0.39, 0.29) is 11.3 Å². The highest BCUT2D eigenvalue weighted by Gasteiger charge is 2.05. The Labute approximate surface area is 57.5 Å². The number of carboxylic acid groups (broad SMARTS) is 1. The van der Waals surface area contributed by atoms with E-state index in [0.29, 0.717) is 0 Å². The van der Waals surface area contributed by atoms with Gasteiger partial charge in [-0.05, 0) is 18.2 Å². The van der Waals surface area contributed by atoms with E-state index in [1.54, 1.807) is 0 Å². The van der Waals surface area contributed by atoms with Crippen LogP contribution in [0, 0.1) is 6.07 Å². The maximum absolute atomic E-state index is 10.2. The van der Waals surface area contributed by atoms with Gasteiger partial charge >= 0.3 is 5.97 Å². The third-order valence-electron chi connectivity index (χ3n) is 1.07. The Morgan fingerprint density at radius 1 is 1.60 bits per heavy atom. The normalized spacial score (nSPS) is 9.20. The topological polar surface area (TPSA) is 57.5 Å². The highest BCUT2D eigenvalue weighted by Crippen LogP contribution is 2.13. The Hall–Kier alpha value is -1.51. The summed E-state index contributed by atoms with van der Waals surface area (Å²) in [5, 5.41) is 17.3. The number of carbonyl (C=O) groups is 1. The van der Waals surface area contributed by atoms with Gasteiger partial charge in [0.05, 0.1) is 0 Å². The molecule has 1 rings (SSSR count). The molecule has 51 valence electrons. The van der Waals surface area contributed by atoms with Crippen molar-refractivity contribution in [3.63, 3.8) is 0 Å². The summed E-state index contributed by atoms with van der Waals surface area (Å²) in [5.41, 5.74) is -0.0984. The van der Waals surface area contributed by atoms with Gasteiger partial charge in [0.15, 0.2) is 0 Å². The number of benzene rings is 1. The number of rotatable bonds is 1. The van der Waals surface area contributed by atoms with Crippen LogP contribution in [0.15, 0.2) is 18.2 Å². The number of hydrogen-bond donors (Lipinski definition) is 2. The second kappa shape index (κ2) is 2.39. The van der Waals surface area contributed by atoms with Crippen LogP contribution in [-0.2, 0) is 0 Å². The van der Waals surface area contributed by atoms with Gasteiger partial charge in [-0.15, -0.1) is 0 Å². The molecule has 0 aliphatic heterocycles. The van der Waals surface area contributed by atoms with Crippen molar-refractivity contribution in [1.29, 1.82) is 0 Å². The molecule has 0 fully saturated rings. The molecule has 1 aromatic rings. The molecule has 3 nitrogen and oxygen atoms in total. The summed E-state index contributed by atoms with van der Waals surface area (Å²) in [4.78, 5) is 10.2. The first kappa shape index (κ1) is 6.61. The van der Waals surface area contributed by atoms with Crippen molar-refractivity contribution in [2.24, 2.45) is 0 Å². The third kappa shape index (κ3) is 1.07. The van der Waals surface area contributed by atoms with Crippen LogP contribution in [0.25, 0.3) is 0 Å². The van der Waals surface area contributed by atoms with E-state index in [1.807, 2.05) is 0 Å². The second-order valence-electron chi connectivity index (χ2n) is 1.75. The number of hydrogen-bond acceptors (Lipinski definition) is 2. The Morgan fingerprint density at radius 3 is 2.70 bits per heavy atom. The molecule has 0 bridgehead atoms. The predicted octanol–water partition coefficient (Wildman–Crippen LogP) is 0.891. The lowest BCUT2D eigenvalue weighted by atomic mass is 10.2. The maximum Gasteiger partial charge on any atom is 0.339 e. The van der Waals surface area contributed by atoms with Crippen molar-refractivity contribution in [3.8, 4) is 5.75 Å². The molecule has 0 saturated heterocycles. The van der Waals surface area contributed by atoms with Crippen LogP contribution in [0.4, 0.5) is 0 Å². The average molecular weight is 137 g/mol. The second-order valence-corrected chi connectivity index (χ2v) is 1.75. The van der Waals surface area contributed by atoms with Gasteiger partial charge < -0.3 is 10.2 Å². The number of aromatic hydroxyl groups is 1. The van der Waals surface area contributed by atoms with Crippen LogP contribution in [0.3, 0.4) is 0 Å². The van der Waals surface area contributed by atoms with E-state index in [0.717, 1.165) is 0 Å². The summed E-state index contributed by atoms with van der Waals surface area (Å²) in [5.74, 6) is -1.39. The van der Waals surface area contributed by atoms with Crippen molar-refractivity contribution >= 4 is 5.97 Å². The van der Waals surface area contributed by atoms with Crippen LogP contribution in [0.2, 0.25) is 0 Å². The van der Waals surface area contributed by atoms with E-state index < -0.39 is 5.97 Å². The third-order valence-corrected chi connectivity index (χ3v) is 1.07. The molecule has 0 heterocycles. The molecule has 0 unspecified atom stereocenters. The summed E-state index contributed by atoms with van der Waals surface area (Å²) in [7, 11) is 0. The van der Waals surface area contributed by atoms with Gasteiger partial charge in [-0.2, -0.15) is 0 Å². The van der Waals surface area contributed by atoms with Crippen LogP contribution in [0.5, 0.6) is 5.75 Å². The zero-order valence-corrected chi connectivity index (χ0v) is 5.03. The van der Waals surface area contributed by atoms with Gasteiger partial charge in [0.25, 0.3) is 0 Å². The Morgan fingerprint density at radius 2 is 2.30 bits per heavy atom. The van der Waals surface area contributed by atoms with Crippen LogP contribution < -0.4 is 0 Å². The zero-order chi connectivity index (χ0) is 7.56. The van der Waals surface area contributed by atoms with Crippen LogP contribution in [-0.4, -0.2) is 16.2 Å². The molecule has 0 amide bonds. The van der Waals surface area contributed by atoms with E-state index >= 15 is 0 Å². The monoisotopic (exact) mass is 137 g/mol. The molecular weight excluding hydrogens is 132 g/mol. The van der Waals surface area contributed by atoms with Gasteiger partial charge in [0.2, 0.25) is 0 Å². The highest BCUT2D eigenvalue weighted by molar-refractivity contribution is 5.90. The van der Waals surface area contributed by atoms with Gasteiger partial charge in [-0.1, -0.05) is 6.07 Å². The lowest BCUT2D eigenvalue weighted by molar-refractivity contribution is 0.0694. The first-order valence-corrected chi connectivity index (χ1v) is 2.64. The Kier molecular flexibility index (Phi) is 1.58. The van der Waals surface area contributed by atoms with Gasteiger partial charge in [0, 0.05) is 0 Å². The standard InChI is InChI=1S/C7H5O3/c8-6-4-2-1-3-5(6)7(9)10/h1,3-4,8H,(H,9,10). The molecule has 0 aromatic heterocycles. The van der Waals surface area contributed by atoms with Crippen LogP contribution in [0.1, 0.15) is 10.4 Å². The predicted molar refractivity (Wildman–Crippen MR) is 33.9 cm³/mol. The lowest BCUT2D eigenvalue weighted by Gasteiger charge is -1.94. The fourth-order valence-corrected chi connectivity index (χ4v) is 0.602. The number of aromatic carboxylic acids is 1.